The molecule has 162 valence electrons. The molecule has 3 atom stereocenters. The van der Waals surface area contributed by atoms with Crippen LogP contribution >= 0.6 is 11.8 Å². The Morgan fingerprint density at radius 2 is 1.84 bits per heavy atom. The van der Waals surface area contributed by atoms with E-state index in [0.29, 0.717) is 11.3 Å². The fourth-order valence-corrected chi connectivity index (χ4v) is 5.66. The number of rotatable bonds is 3. The third-order valence-corrected chi connectivity index (χ3v) is 7.06. The maximum Gasteiger partial charge on any atom is 0.342 e. The third kappa shape index (κ3) is 2.72. The summed E-state index contributed by atoms with van der Waals surface area (Å²) in [5.74, 6) is -3.88. The zero-order valence-electron chi connectivity index (χ0n) is 16.6. The van der Waals surface area contributed by atoms with Crippen molar-refractivity contribution in [2.75, 3.05) is 12.0 Å². The minimum Gasteiger partial charge on any atom is -0.493 e. The van der Waals surface area contributed by atoms with E-state index in [4.69, 9.17) is 20.3 Å². The number of imide groups is 1. The summed E-state index contributed by atoms with van der Waals surface area (Å²) in [6.07, 6.45) is 0. The zero-order valence-corrected chi connectivity index (χ0v) is 17.4. The second kappa shape index (κ2) is 7.13. The quantitative estimate of drug-likeness (QED) is 0.406. The van der Waals surface area contributed by atoms with Gasteiger partial charge in [0.15, 0.2) is 11.5 Å². The molecular weight excluding hydrogens is 436 g/mol. The van der Waals surface area contributed by atoms with Crippen LogP contribution in [0, 0.1) is 5.92 Å². The maximum absolute atomic E-state index is 13.5. The Morgan fingerprint density at radius 3 is 2.50 bits per heavy atom. The summed E-state index contributed by atoms with van der Waals surface area (Å²) in [5.41, 5.74) is 7.15. The smallest absolute Gasteiger partial charge is 0.342 e. The molecule has 0 bridgehead atoms. The number of carbonyl (C=O) groups is 4. The first kappa shape index (κ1) is 20.1. The van der Waals surface area contributed by atoms with Crippen molar-refractivity contribution < 1.29 is 33.8 Å². The monoisotopic (exact) mass is 452 g/mol. The van der Waals surface area contributed by atoms with Gasteiger partial charge in [0, 0.05) is 11.5 Å². The number of carboxylic acid groups (broad SMARTS) is 1. The number of thioether (sulfide) groups is 1. The molecule has 2 amide bonds. The molecule has 1 saturated heterocycles. The molecule has 3 unspecified atom stereocenters. The van der Waals surface area contributed by atoms with Gasteiger partial charge in [-0.3, -0.25) is 9.59 Å². The number of methoxy groups -OCH3 is 1. The van der Waals surface area contributed by atoms with Crippen molar-refractivity contribution in [1.82, 2.24) is 0 Å². The summed E-state index contributed by atoms with van der Waals surface area (Å²) in [5, 5.41) is 8.41. The fourth-order valence-electron chi connectivity index (χ4n) is 4.42. The number of nitrogens with zero attached hydrogens (tertiary/aromatic N) is 1. The summed E-state index contributed by atoms with van der Waals surface area (Å²) in [4.78, 5) is 51.8. The third-order valence-electron chi connectivity index (χ3n) is 5.84. The number of hydrogen-bond acceptors (Lipinski definition) is 8. The predicted octanol–water partition coefficient (Wildman–Crippen LogP) is 1.87. The summed E-state index contributed by atoms with van der Waals surface area (Å²) in [6, 6.07) is 10.5. The molecule has 5 rings (SSSR count). The number of aromatic carboxylic acids is 1. The molecule has 0 radical (unpaired) electrons. The fraction of sp³-hybridized carbons (Fsp3) is 0.182. The Balaban J connectivity index is 1.62. The van der Waals surface area contributed by atoms with Crippen LogP contribution in [0.3, 0.4) is 0 Å². The van der Waals surface area contributed by atoms with Crippen LogP contribution in [-0.2, 0) is 14.4 Å². The molecule has 10 heteroatoms. The van der Waals surface area contributed by atoms with Crippen molar-refractivity contribution in [1.29, 1.82) is 0 Å². The molecule has 9 nitrogen and oxygen atoms in total. The largest absolute Gasteiger partial charge is 0.493 e. The Hall–Kier alpha value is -3.79. The van der Waals surface area contributed by atoms with Crippen LogP contribution in [0.2, 0.25) is 0 Å². The standard InChI is InChI=1S/C22H16N2O7S/c1-30-12-4-2-3-11-13-14-17(32-18(23)15(13)22(29)31-16(11)12)20(26)24(19(14)25)10-7-5-9(6-8-10)21(27)28/h2-8,13-14,17H,23H2,1H3,(H,27,28). The van der Waals surface area contributed by atoms with Gasteiger partial charge in [-0.25, -0.2) is 14.5 Å². The van der Waals surface area contributed by atoms with Gasteiger partial charge in [0.2, 0.25) is 11.8 Å². The number of anilines is 1. The number of hydrogen-bond donors (Lipinski definition) is 2. The average molecular weight is 452 g/mol. The van der Waals surface area contributed by atoms with E-state index in [1.165, 1.54) is 31.4 Å². The molecule has 2 aromatic rings. The number of esters is 1. The molecule has 1 fully saturated rings. The van der Waals surface area contributed by atoms with Gasteiger partial charge >= 0.3 is 11.9 Å². The number of amides is 2. The lowest BCUT2D eigenvalue weighted by Gasteiger charge is -2.36. The second-order valence-electron chi connectivity index (χ2n) is 7.45. The van der Waals surface area contributed by atoms with Gasteiger partial charge in [-0.1, -0.05) is 23.9 Å². The van der Waals surface area contributed by atoms with Crippen LogP contribution < -0.4 is 20.1 Å². The number of fused-ring (bicyclic) bond motifs is 5. The number of para-hydroxylation sites is 1. The van der Waals surface area contributed by atoms with Crippen LogP contribution in [0.4, 0.5) is 5.69 Å². The number of nitrogens with two attached hydrogens (primary N) is 1. The SMILES string of the molecule is COc1cccc2c1OC(=O)C1=C(N)SC3C(=O)N(c4ccc(C(=O)O)cc4)C(=O)C3C12. The highest BCUT2D eigenvalue weighted by Crippen LogP contribution is 2.55. The lowest BCUT2D eigenvalue weighted by atomic mass is 9.77. The van der Waals surface area contributed by atoms with Gasteiger partial charge in [0.05, 0.1) is 34.9 Å². The molecule has 3 aliphatic heterocycles. The van der Waals surface area contributed by atoms with Gasteiger partial charge in [0.25, 0.3) is 0 Å². The Labute approximate surface area is 185 Å². The zero-order chi connectivity index (χ0) is 22.7. The van der Waals surface area contributed by atoms with E-state index in [1.807, 2.05) is 0 Å². The van der Waals surface area contributed by atoms with E-state index in [9.17, 15) is 19.2 Å². The Morgan fingerprint density at radius 1 is 1.12 bits per heavy atom. The average Bonchev–Trinajstić information content (AvgIpc) is 3.02. The second-order valence-corrected chi connectivity index (χ2v) is 8.64. The van der Waals surface area contributed by atoms with Crippen molar-refractivity contribution in [2.45, 2.75) is 11.2 Å². The number of carbonyl (C=O) groups excluding carboxylic acids is 3. The normalized spacial score (nSPS) is 24.0. The molecule has 3 heterocycles. The Bertz CT molecular complexity index is 1240. The number of ether oxygens (including phenoxy) is 2. The van der Waals surface area contributed by atoms with Crippen LogP contribution in [0.1, 0.15) is 21.8 Å². The molecule has 3 aliphatic rings. The highest BCUT2D eigenvalue weighted by atomic mass is 32.2. The topological polar surface area (TPSA) is 136 Å². The first-order chi connectivity index (χ1) is 15.3. The molecule has 32 heavy (non-hydrogen) atoms. The summed E-state index contributed by atoms with van der Waals surface area (Å²) < 4.78 is 10.8. The van der Waals surface area contributed by atoms with Crippen LogP contribution in [0.15, 0.2) is 53.1 Å². The number of carboxylic acids is 1. The van der Waals surface area contributed by atoms with Gasteiger partial charge in [-0.2, -0.15) is 0 Å². The first-order valence-electron chi connectivity index (χ1n) is 9.60. The molecule has 3 N–H and O–H groups in total. The van der Waals surface area contributed by atoms with Gasteiger partial charge in [0.1, 0.15) is 5.25 Å². The van der Waals surface area contributed by atoms with E-state index >= 15 is 0 Å². The van der Waals surface area contributed by atoms with E-state index in [1.54, 1.807) is 18.2 Å². The van der Waals surface area contributed by atoms with Gasteiger partial charge in [-0.15, -0.1) is 0 Å². The minimum absolute atomic E-state index is 0.0314. The van der Waals surface area contributed by atoms with E-state index < -0.39 is 40.8 Å². The summed E-state index contributed by atoms with van der Waals surface area (Å²) in [7, 11) is 1.44. The Kier molecular flexibility index (Phi) is 4.48. The summed E-state index contributed by atoms with van der Waals surface area (Å²) >= 11 is 0.968. The molecule has 2 aromatic carbocycles. The highest BCUT2D eigenvalue weighted by Gasteiger charge is 2.58. The van der Waals surface area contributed by atoms with Crippen LogP contribution in [0.25, 0.3) is 0 Å². The highest BCUT2D eigenvalue weighted by molar-refractivity contribution is 8.04. The van der Waals surface area contributed by atoms with E-state index in [0.717, 1.165) is 16.7 Å². The van der Waals surface area contributed by atoms with Crippen molar-refractivity contribution in [3.8, 4) is 11.5 Å². The maximum atomic E-state index is 13.5. The predicted molar refractivity (Wildman–Crippen MR) is 113 cm³/mol. The molecule has 0 aromatic heterocycles. The molecule has 0 aliphatic carbocycles. The van der Waals surface area contributed by atoms with Crippen molar-refractivity contribution >= 4 is 41.2 Å². The van der Waals surface area contributed by atoms with Gasteiger partial charge in [-0.05, 0) is 30.3 Å². The van der Waals surface area contributed by atoms with Crippen molar-refractivity contribution in [2.24, 2.45) is 11.7 Å². The van der Waals surface area contributed by atoms with E-state index in [2.05, 4.69) is 0 Å². The summed E-state index contributed by atoms with van der Waals surface area (Å²) in [6.45, 7) is 0. The van der Waals surface area contributed by atoms with Crippen LogP contribution in [-0.4, -0.2) is 41.2 Å². The first-order valence-corrected chi connectivity index (χ1v) is 10.5. The lowest BCUT2D eigenvalue weighted by molar-refractivity contribution is -0.132. The molecular formula is C22H16N2O7S. The van der Waals surface area contributed by atoms with Gasteiger partial charge < -0.3 is 20.3 Å². The van der Waals surface area contributed by atoms with E-state index in [-0.39, 0.29) is 27.6 Å². The van der Waals surface area contributed by atoms with Crippen LogP contribution in [0.5, 0.6) is 11.5 Å². The van der Waals surface area contributed by atoms with Crippen molar-refractivity contribution in [3.05, 3.63) is 64.2 Å². The molecule has 0 saturated carbocycles. The lowest BCUT2D eigenvalue weighted by Crippen LogP contribution is -2.39. The van der Waals surface area contributed by atoms with Crippen molar-refractivity contribution in [3.63, 3.8) is 0 Å². The molecule has 0 spiro atoms. The minimum atomic E-state index is -1.12. The number of benzene rings is 2.